The maximum Gasteiger partial charge on any atom is 0.326 e. The molecule has 0 fully saturated rings. The van der Waals surface area contributed by atoms with Crippen molar-refractivity contribution in [1.82, 2.24) is 14.9 Å². The predicted octanol–water partition coefficient (Wildman–Crippen LogP) is 3.47. The molecule has 0 aliphatic rings. The number of carbonyl (C=O) groups excluding carboxylic acids is 2. The highest BCUT2D eigenvalue weighted by atomic mass is 16.5. The Bertz CT molecular complexity index is 763. The minimum atomic E-state index is -0.267. The van der Waals surface area contributed by atoms with Crippen LogP contribution in [0.1, 0.15) is 52.8 Å². The van der Waals surface area contributed by atoms with Gasteiger partial charge in [0.1, 0.15) is 12.4 Å². The Kier molecular flexibility index (Phi) is 7.82. The van der Waals surface area contributed by atoms with Gasteiger partial charge < -0.3 is 14.6 Å². The molecule has 0 aliphatic heterocycles. The number of rotatable bonds is 10. The third-order valence-corrected chi connectivity index (χ3v) is 4.62. The van der Waals surface area contributed by atoms with E-state index < -0.39 is 0 Å². The zero-order valence-corrected chi connectivity index (χ0v) is 16.8. The van der Waals surface area contributed by atoms with Crippen LogP contribution in [-0.2, 0) is 27.3 Å². The quantitative estimate of drug-likeness (QED) is 0.511. The van der Waals surface area contributed by atoms with Gasteiger partial charge in [0, 0.05) is 18.9 Å². The van der Waals surface area contributed by atoms with Crippen molar-refractivity contribution in [2.24, 2.45) is 5.92 Å². The summed E-state index contributed by atoms with van der Waals surface area (Å²) in [4.78, 5) is 28.9. The Balaban J connectivity index is 2.03. The van der Waals surface area contributed by atoms with Crippen LogP contribution in [0.2, 0.25) is 0 Å². The van der Waals surface area contributed by atoms with E-state index in [1.165, 1.54) is 0 Å². The van der Waals surface area contributed by atoms with Crippen molar-refractivity contribution in [1.29, 1.82) is 0 Å². The molecule has 0 atom stereocenters. The highest BCUT2D eigenvalue weighted by Crippen LogP contribution is 2.17. The molecule has 6 heteroatoms. The van der Waals surface area contributed by atoms with E-state index >= 15 is 0 Å². The highest BCUT2D eigenvalue weighted by molar-refractivity contribution is 5.79. The largest absolute Gasteiger partial charge is 0.462 e. The topological polar surface area (TPSA) is 73.2 Å². The third kappa shape index (κ3) is 5.81. The van der Waals surface area contributed by atoms with E-state index in [-0.39, 0.29) is 30.4 Å². The van der Waals surface area contributed by atoms with E-state index in [9.17, 15) is 9.59 Å². The average molecular weight is 373 g/mol. The third-order valence-electron chi connectivity index (χ3n) is 4.62. The molecule has 6 nitrogen and oxygen atoms in total. The van der Waals surface area contributed by atoms with E-state index in [4.69, 9.17) is 4.74 Å². The zero-order valence-electron chi connectivity index (χ0n) is 16.8. The Morgan fingerprint density at radius 2 is 1.89 bits per heavy atom. The molecule has 0 spiro atoms. The summed E-state index contributed by atoms with van der Waals surface area (Å²) in [6.45, 7) is 8.50. The molecule has 1 heterocycles. The number of nitrogens with zero attached hydrogens (tertiary/aromatic N) is 2. The number of ether oxygens (including phenoxy) is 1. The molecule has 2 aromatic rings. The molecule has 1 amide bonds. The second-order valence-electron chi connectivity index (χ2n) is 7.05. The first-order valence-electron chi connectivity index (χ1n) is 9.87. The molecule has 0 aliphatic carbocycles. The summed E-state index contributed by atoms with van der Waals surface area (Å²) >= 11 is 0. The van der Waals surface area contributed by atoms with Gasteiger partial charge in [0.15, 0.2) is 0 Å². The van der Waals surface area contributed by atoms with Crippen molar-refractivity contribution >= 4 is 22.9 Å². The minimum absolute atomic E-state index is 0.0837. The van der Waals surface area contributed by atoms with Crippen LogP contribution in [0.15, 0.2) is 24.3 Å². The lowest BCUT2D eigenvalue weighted by molar-refractivity contribution is -0.148. The minimum Gasteiger partial charge on any atom is -0.462 e. The Morgan fingerprint density at radius 3 is 2.56 bits per heavy atom. The standard InChI is InChI=1S/C21H31N3O3/c1-5-16(6-2)21(26)22-13-9-12-19-23-17-10-7-8-11-18(17)24(19)14-20(25)27-15(3)4/h7-8,10-11,15-16H,5-6,9,12-14H2,1-4H3,(H,22,26). The Hall–Kier alpha value is -2.37. The fourth-order valence-corrected chi connectivity index (χ4v) is 3.18. The van der Waals surface area contributed by atoms with Gasteiger partial charge in [-0.05, 0) is 45.2 Å². The van der Waals surface area contributed by atoms with E-state index in [1.807, 2.05) is 56.5 Å². The van der Waals surface area contributed by atoms with Crippen LogP contribution in [0, 0.1) is 5.92 Å². The van der Waals surface area contributed by atoms with Crippen LogP contribution in [-0.4, -0.2) is 34.1 Å². The number of imidazole rings is 1. The maximum atomic E-state index is 12.1. The summed E-state index contributed by atoms with van der Waals surface area (Å²) in [6, 6.07) is 7.78. The van der Waals surface area contributed by atoms with Crippen molar-refractivity contribution in [3.05, 3.63) is 30.1 Å². The smallest absolute Gasteiger partial charge is 0.326 e. The van der Waals surface area contributed by atoms with Gasteiger partial charge >= 0.3 is 5.97 Å². The summed E-state index contributed by atoms with van der Waals surface area (Å²) in [5.41, 5.74) is 1.79. The van der Waals surface area contributed by atoms with Crippen LogP contribution < -0.4 is 5.32 Å². The molecular formula is C21H31N3O3. The van der Waals surface area contributed by atoms with E-state index in [0.29, 0.717) is 13.0 Å². The maximum absolute atomic E-state index is 12.1. The van der Waals surface area contributed by atoms with Gasteiger partial charge in [0.05, 0.1) is 17.1 Å². The molecule has 0 unspecified atom stereocenters. The molecule has 1 N–H and O–H groups in total. The fourth-order valence-electron chi connectivity index (χ4n) is 3.18. The number of hydrogen-bond acceptors (Lipinski definition) is 4. The summed E-state index contributed by atoms with van der Waals surface area (Å²) in [6.07, 6.45) is 3.03. The van der Waals surface area contributed by atoms with Crippen LogP contribution in [0.25, 0.3) is 11.0 Å². The number of hydrogen-bond donors (Lipinski definition) is 1. The van der Waals surface area contributed by atoms with Gasteiger partial charge in [-0.2, -0.15) is 0 Å². The number of aromatic nitrogens is 2. The van der Waals surface area contributed by atoms with E-state index in [1.54, 1.807) is 0 Å². The molecule has 2 rings (SSSR count). The highest BCUT2D eigenvalue weighted by Gasteiger charge is 2.16. The predicted molar refractivity (Wildman–Crippen MR) is 106 cm³/mol. The number of para-hydroxylation sites is 2. The van der Waals surface area contributed by atoms with Crippen molar-refractivity contribution in [2.45, 2.75) is 66.0 Å². The number of amides is 1. The van der Waals surface area contributed by atoms with Gasteiger partial charge in [0.25, 0.3) is 0 Å². The van der Waals surface area contributed by atoms with Gasteiger partial charge in [0.2, 0.25) is 5.91 Å². The van der Waals surface area contributed by atoms with Gasteiger partial charge in [-0.25, -0.2) is 4.98 Å². The van der Waals surface area contributed by atoms with Crippen molar-refractivity contribution < 1.29 is 14.3 Å². The van der Waals surface area contributed by atoms with Crippen molar-refractivity contribution in [3.63, 3.8) is 0 Å². The average Bonchev–Trinajstić information content (AvgIpc) is 2.96. The Labute approximate surface area is 161 Å². The molecule has 1 aromatic carbocycles. The van der Waals surface area contributed by atoms with Crippen molar-refractivity contribution in [3.8, 4) is 0 Å². The lowest BCUT2D eigenvalue weighted by atomic mass is 10.0. The van der Waals surface area contributed by atoms with Crippen LogP contribution in [0.4, 0.5) is 0 Å². The van der Waals surface area contributed by atoms with E-state index in [2.05, 4.69) is 10.3 Å². The van der Waals surface area contributed by atoms with Crippen LogP contribution in [0.5, 0.6) is 0 Å². The number of benzene rings is 1. The summed E-state index contributed by atoms with van der Waals surface area (Å²) in [5, 5.41) is 3.01. The van der Waals surface area contributed by atoms with E-state index in [0.717, 1.165) is 36.1 Å². The fraction of sp³-hybridized carbons (Fsp3) is 0.571. The lowest BCUT2D eigenvalue weighted by Gasteiger charge is -2.13. The molecule has 0 radical (unpaired) electrons. The van der Waals surface area contributed by atoms with Gasteiger partial charge in [-0.15, -0.1) is 0 Å². The number of aryl methyl sites for hydroxylation is 1. The molecular weight excluding hydrogens is 342 g/mol. The molecule has 0 bridgehead atoms. The molecule has 0 saturated carbocycles. The molecule has 27 heavy (non-hydrogen) atoms. The van der Waals surface area contributed by atoms with Crippen LogP contribution in [0.3, 0.4) is 0 Å². The normalized spacial score (nSPS) is 11.3. The summed E-state index contributed by atoms with van der Waals surface area (Å²) in [5.74, 6) is 0.777. The SMILES string of the molecule is CCC(CC)C(=O)NCCCc1nc2ccccc2n1CC(=O)OC(C)C. The molecule has 148 valence electrons. The summed E-state index contributed by atoms with van der Waals surface area (Å²) in [7, 11) is 0. The second-order valence-corrected chi connectivity index (χ2v) is 7.05. The number of nitrogens with one attached hydrogen (secondary N) is 1. The molecule has 0 saturated heterocycles. The first-order chi connectivity index (χ1) is 13.0. The Morgan fingerprint density at radius 1 is 1.19 bits per heavy atom. The van der Waals surface area contributed by atoms with Gasteiger partial charge in [-0.3, -0.25) is 9.59 Å². The number of carbonyl (C=O) groups is 2. The first kappa shape index (κ1) is 20.9. The summed E-state index contributed by atoms with van der Waals surface area (Å²) < 4.78 is 7.21. The van der Waals surface area contributed by atoms with Gasteiger partial charge in [-0.1, -0.05) is 26.0 Å². The zero-order chi connectivity index (χ0) is 19.8. The monoisotopic (exact) mass is 373 g/mol. The number of esters is 1. The second kappa shape index (κ2) is 10.1. The van der Waals surface area contributed by atoms with Crippen molar-refractivity contribution in [2.75, 3.05) is 6.54 Å². The molecule has 1 aromatic heterocycles. The number of fused-ring (bicyclic) bond motifs is 1. The van der Waals surface area contributed by atoms with Crippen LogP contribution >= 0.6 is 0 Å². The lowest BCUT2D eigenvalue weighted by Crippen LogP contribution is -2.31. The first-order valence-corrected chi connectivity index (χ1v) is 9.87.